The van der Waals surface area contributed by atoms with Crippen LogP contribution in [0, 0.1) is 0 Å². The van der Waals surface area contributed by atoms with E-state index in [1.807, 2.05) is 24.3 Å². The molecule has 0 aliphatic carbocycles. The minimum absolute atomic E-state index is 0.384. The molecule has 0 fully saturated rings. The third kappa shape index (κ3) is 2.37. The lowest BCUT2D eigenvalue weighted by Gasteiger charge is -2.10. The van der Waals surface area contributed by atoms with E-state index >= 15 is 0 Å². The Morgan fingerprint density at radius 1 is 0.800 bits per heavy atom. The lowest BCUT2D eigenvalue weighted by molar-refractivity contribution is 0.606. The number of rotatable bonds is 3. The van der Waals surface area contributed by atoms with Crippen LogP contribution in [0.15, 0.2) is 66.9 Å². The lowest BCUT2D eigenvalue weighted by Crippen LogP contribution is -2.01. The quantitative estimate of drug-likeness (QED) is 0.663. The van der Waals surface area contributed by atoms with Crippen LogP contribution in [0.1, 0.15) is 19.9 Å². The fraction of sp³-hybridized carbons (Fsp3) is 0.167. The number of hydrogen-bond acceptors (Lipinski definition) is 1. The van der Waals surface area contributed by atoms with Crippen LogP contribution in [0.5, 0.6) is 0 Å². The molecule has 0 aliphatic rings. The number of imidazole rings is 1. The summed E-state index contributed by atoms with van der Waals surface area (Å²) in [5.41, 5.74) is 3.34. The highest BCUT2D eigenvalue weighted by Gasteiger charge is 2.13. The van der Waals surface area contributed by atoms with Crippen molar-refractivity contribution < 1.29 is 0 Å². The van der Waals surface area contributed by atoms with Crippen molar-refractivity contribution in [3.05, 3.63) is 66.9 Å². The Hall–Kier alpha value is -2.35. The Kier molecular flexibility index (Phi) is 3.38. The van der Waals surface area contributed by atoms with Crippen LogP contribution >= 0.6 is 0 Å². The molecule has 0 radical (unpaired) electrons. The summed E-state index contributed by atoms with van der Waals surface area (Å²) in [5.74, 6) is 1.03. The van der Waals surface area contributed by atoms with Crippen LogP contribution in [0.2, 0.25) is 0 Å². The van der Waals surface area contributed by atoms with Gasteiger partial charge in [-0.2, -0.15) is 0 Å². The molecule has 0 unspecified atom stereocenters. The van der Waals surface area contributed by atoms with Crippen LogP contribution < -0.4 is 0 Å². The molecule has 0 bridgehead atoms. The van der Waals surface area contributed by atoms with E-state index in [-0.39, 0.29) is 0 Å². The molecule has 2 nitrogen and oxygen atoms in total. The van der Waals surface area contributed by atoms with Gasteiger partial charge in [0, 0.05) is 23.4 Å². The maximum Gasteiger partial charge on any atom is 0.140 e. The van der Waals surface area contributed by atoms with E-state index in [0.717, 1.165) is 22.6 Å². The summed E-state index contributed by atoms with van der Waals surface area (Å²) in [5, 5.41) is 0. The van der Waals surface area contributed by atoms with Crippen molar-refractivity contribution in [2.45, 2.75) is 19.9 Å². The van der Waals surface area contributed by atoms with Crippen molar-refractivity contribution in [1.29, 1.82) is 0 Å². The number of aromatic nitrogens is 2. The van der Waals surface area contributed by atoms with Gasteiger partial charge in [0.25, 0.3) is 0 Å². The second kappa shape index (κ2) is 5.33. The zero-order valence-corrected chi connectivity index (χ0v) is 11.8. The monoisotopic (exact) mass is 262 g/mol. The molecule has 100 valence electrons. The first-order valence-electron chi connectivity index (χ1n) is 6.95. The molecule has 1 heterocycles. The Bertz CT molecular complexity index is 682. The molecule has 1 aromatic heterocycles. The maximum atomic E-state index is 4.83. The third-order valence-electron chi connectivity index (χ3n) is 3.39. The first kappa shape index (κ1) is 12.7. The molecular formula is C18H18N2. The van der Waals surface area contributed by atoms with E-state index in [9.17, 15) is 0 Å². The molecule has 3 aromatic rings. The topological polar surface area (TPSA) is 17.8 Å². The highest BCUT2D eigenvalue weighted by atomic mass is 15.1. The highest BCUT2D eigenvalue weighted by Crippen LogP contribution is 2.27. The van der Waals surface area contributed by atoms with Crippen LogP contribution in [-0.4, -0.2) is 9.55 Å². The fourth-order valence-electron chi connectivity index (χ4n) is 2.34. The summed E-state index contributed by atoms with van der Waals surface area (Å²) >= 11 is 0. The van der Waals surface area contributed by atoms with Gasteiger partial charge in [-0.3, -0.25) is 0 Å². The second-order valence-electron chi connectivity index (χ2n) is 5.18. The first-order chi connectivity index (χ1) is 9.75. The number of benzene rings is 2. The van der Waals surface area contributed by atoms with Gasteiger partial charge in [-0.15, -0.1) is 0 Å². The lowest BCUT2D eigenvalue weighted by atomic mass is 10.2. The molecule has 0 saturated heterocycles. The van der Waals surface area contributed by atoms with E-state index in [2.05, 4.69) is 61.0 Å². The van der Waals surface area contributed by atoms with Crippen molar-refractivity contribution in [3.8, 4) is 22.6 Å². The third-order valence-corrected chi connectivity index (χ3v) is 3.39. The first-order valence-corrected chi connectivity index (χ1v) is 6.95. The second-order valence-corrected chi connectivity index (χ2v) is 5.18. The summed E-state index contributed by atoms with van der Waals surface area (Å²) in [6.07, 6.45) is 2.14. The van der Waals surface area contributed by atoms with E-state index in [1.165, 1.54) is 0 Å². The van der Waals surface area contributed by atoms with Gasteiger partial charge >= 0.3 is 0 Å². The van der Waals surface area contributed by atoms with E-state index < -0.39 is 0 Å². The van der Waals surface area contributed by atoms with Gasteiger partial charge in [0.2, 0.25) is 0 Å². The van der Waals surface area contributed by atoms with Crippen LogP contribution in [-0.2, 0) is 0 Å². The predicted molar refractivity (Wildman–Crippen MR) is 83.5 cm³/mol. The summed E-state index contributed by atoms with van der Waals surface area (Å²) in [6.45, 7) is 4.37. The van der Waals surface area contributed by atoms with Crippen molar-refractivity contribution in [1.82, 2.24) is 9.55 Å². The van der Waals surface area contributed by atoms with Gasteiger partial charge in [-0.05, 0) is 13.8 Å². The zero-order valence-electron chi connectivity index (χ0n) is 11.8. The Morgan fingerprint density at radius 2 is 1.35 bits per heavy atom. The van der Waals surface area contributed by atoms with Crippen LogP contribution in [0.3, 0.4) is 0 Å². The number of hydrogen-bond donors (Lipinski definition) is 0. The van der Waals surface area contributed by atoms with Crippen molar-refractivity contribution in [2.24, 2.45) is 0 Å². The largest absolute Gasteiger partial charge is 0.328 e. The summed E-state index contributed by atoms with van der Waals surface area (Å²) in [6, 6.07) is 21.1. The smallest absolute Gasteiger partial charge is 0.140 e. The average molecular weight is 262 g/mol. The molecule has 0 aliphatic heterocycles. The summed E-state index contributed by atoms with van der Waals surface area (Å²) in [7, 11) is 0. The van der Waals surface area contributed by atoms with Gasteiger partial charge in [-0.1, -0.05) is 60.7 Å². The fourth-order valence-corrected chi connectivity index (χ4v) is 2.34. The molecule has 0 amide bonds. The van der Waals surface area contributed by atoms with Crippen molar-refractivity contribution in [3.63, 3.8) is 0 Å². The average Bonchev–Trinajstić information content (AvgIpc) is 2.94. The van der Waals surface area contributed by atoms with Gasteiger partial charge in [0.15, 0.2) is 0 Å². The Morgan fingerprint density at radius 3 is 1.90 bits per heavy atom. The molecule has 0 atom stereocenters. The van der Waals surface area contributed by atoms with Gasteiger partial charge in [-0.25, -0.2) is 4.98 Å². The Labute approximate surface area is 119 Å². The molecule has 2 aromatic carbocycles. The normalized spacial score (nSPS) is 10.9. The molecular weight excluding hydrogens is 244 g/mol. The van der Waals surface area contributed by atoms with E-state index in [0.29, 0.717) is 6.04 Å². The van der Waals surface area contributed by atoms with Gasteiger partial charge in [0.1, 0.15) is 5.82 Å². The standard InChI is InChI=1S/C18H18N2/c1-14(2)20-13-17(15-9-5-3-6-10-15)19-18(20)16-11-7-4-8-12-16/h3-14H,1-2H3. The molecule has 2 heteroatoms. The minimum atomic E-state index is 0.384. The molecule has 0 N–H and O–H groups in total. The molecule has 0 spiro atoms. The Balaban J connectivity index is 2.13. The van der Waals surface area contributed by atoms with Crippen LogP contribution in [0.25, 0.3) is 22.6 Å². The summed E-state index contributed by atoms with van der Waals surface area (Å²) < 4.78 is 2.23. The molecule has 0 saturated carbocycles. The SMILES string of the molecule is CC(C)n1cc(-c2ccccc2)nc1-c1ccccc1. The maximum absolute atomic E-state index is 4.83. The van der Waals surface area contributed by atoms with Gasteiger partial charge in [0.05, 0.1) is 5.69 Å². The molecule has 3 rings (SSSR count). The van der Waals surface area contributed by atoms with Gasteiger partial charge < -0.3 is 4.57 Å². The summed E-state index contributed by atoms with van der Waals surface area (Å²) in [4.78, 5) is 4.83. The van der Waals surface area contributed by atoms with Crippen molar-refractivity contribution in [2.75, 3.05) is 0 Å². The molecule has 20 heavy (non-hydrogen) atoms. The van der Waals surface area contributed by atoms with Crippen molar-refractivity contribution >= 4 is 0 Å². The predicted octanol–water partition coefficient (Wildman–Crippen LogP) is 4.80. The minimum Gasteiger partial charge on any atom is -0.328 e. The van der Waals surface area contributed by atoms with Crippen LogP contribution in [0.4, 0.5) is 0 Å². The highest BCUT2D eigenvalue weighted by molar-refractivity contribution is 5.65. The van der Waals surface area contributed by atoms with E-state index in [1.54, 1.807) is 0 Å². The zero-order chi connectivity index (χ0) is 13.9. The number of nitrogens with zero attached hydrogens (tertiary/aromatic N) is 2. The van der Waals surface area contributed by atoms with E-state index in [4.69, 9.17) is 4.98 Å².